The number of nitrogens with one attached hydrogen (secondary N) is 2. The predicted octanol–water partition coefficient (Wildman–Crippen LogP) is 2.42. The fourth-order valence-corrected chi connectivity index (χ4v) is 3.65. The number of fused-ring (bicyclic) bond motifs is 1. The molecular formula is C17H17FN4O3S. The fraction of sp³-hybridized carbons (Fsp3) is 0.294. The van der Waals surface area contributed by atoms with Crippen molar-refractivity contribution >= 4 is 32.2 Å². The first-order valence-electron chi connectivity index (χ1n) is 8.18. The largest absolute Gasteiger partial charge is 0.338 e. The minimum absolute atomic E-state index is 0.291. The maximum Gasteiger partial charge on any atom is 0.261 e. The highest BCUT2D eigenvalue weighted by Crippen LogP contribution is 2.32. The predicted molar refractivity (Wildman–Crippen MR) is 95.9 cm³/mol. The van der Waals surface area contributed by atoms with Gasteiger partial charge >= 0.3 is 0 Å². The van der Waals surface area contributed by atoms with Crippen LogP contribution in [0.4, 0.5) is 15.9 Å². The lowest BCUT2D eigenvalue weighted by Gasteiger charge is -2.06. The number of hydrogen-bond acceptors (Lipinski definition) is 5. The van der Waals surface area contributed by atoms with Gasteiger partial charge in [-0.3, -0.25) is 9.48 Å². The second kappa shape index (κ2) is 5.94. The van der Waals surface area contributed by atoms with Crippen molar-refractivity contribution in [3.8, 4) is 0 Å². The third-order valence-corrected chi connectivity index (χ3v) is 5.53. The normalized spacial score (nSPS) is 14.7. The van der Waals surface area contributed by atoms with Crippen LogP contribution in [0.25, 0.3) is 10.9 Å². The van der Waals surface area contributed by atoms with E-state index in [9.17, 15) is 17.6 Å². The number of sulfone groups is 1. The van der Waals surface area contributed by atoms with E-state index < -0.39 is 15.7 Å². The minimum Gasteiger partial charge on any atom is -0.338 e. The minimum atomic E-state index is -3.64. The van der Waals surface area contributed by atoms with E-state index in [1.807, 2.05) is 0 Å². The Morgan fingerprint density at radius 1 is 1.35 bits per heavy atom. The van der Waals surface area contributed by atoms with Crippen molar-refractivity contribution in [1.82, 2.24) is 14.8 Å². The highest BCUT2D eigenvalue weighted by Gasteiger charge is 2.24. The number of pyridine rings is 1. The number of aromatic nitrogens is 3. The molecule has 1 fully saturated rings. The first-order chi connectivity index (χ1) is 12.3. The van der Waals surface area contributed by atoms with Gasteiger partial charge in [-0.15, -0.1) is 0 Å². The molecule has 1 aromatic carbocycles. The Morgan fingerprint density at radius 2 is 2.12 bits per heavy atom. The third-order valence-electron chi connectivity index (χ3n) is 4.40. The van der Waals surface area contributed by atoms with Crippen molar-refractivity contribution in [3.63, 3.8) is 0 Å². The Labute approximate surface area is 148 Å². The monoisotopic (exact) mass is 376 g/mol. The average Bonchev–Trinajstić information content (AvgIpc) is 3.29. The van der Waals surface area contributed by atoms with E-state index in [2.05, 4.69) is 15.4 Å². The van der Waals surface area contributed by atoms with Gasteiger partial charge in [0.25, 0.3) is 5.56 Å². The van der Waals surface area contributed by atoms with Crippen molar-refractivity contribution in [2.45, 2.75) is 24.3 Å². The molecule has 4 rings (SSSR count). The topological polar surface area (TPSA) is 96.8 Å². The quantitative estimate of drug-likeness (QED) is 0.713. The van der Waals surface area contributed by atoms with E-state index in [1.54, 1.807) is 16.9 Å². The molecule has 26 heavy (non-hydrogen) atoms. The van der Waals surface area contributed by atoms with E-state index in [0.29, 0.717) is 28.3 Å². The van der Waals surface area contributed by atoms with Crippen molar-refractivity contribution < 1.29 is 12.8 Å². The Balaban J connectivity index is 1.75. The summed E-state index contributed by atoms with van der Waals surface area (Å²) in [5, 5.41) is 7.80. The van der Waals surface area contributed by atoms with Crippen molar-refractivity contribution in [2.75, 3.05) is 11.6 Å². The van der Waals surface area contributed by atoms with Gasteiger partial charge in [0.15, 0.2) is 15.7 Å². The summed E-state index contributed by atoms with van der Waals surface area (Å²) >= 11 is 0. The molecule has 0 unspecified atom stereocenters. The fourth-order valence-electron chi connectivity index (χ4n) is 2.92. The maximum absolute atomic E-state index is 14.1. The molecule has 0 saturated heterocycles. The number of hydrogen-bond donors (Lipinski definition) is 2. The van der Waals surface area contributed by atoms with Crippen LogP contribution in [0.1, 0.15) is 12.8 Å². The zero-order chi connectivity index (χ0) is 18.5. The van der Waals surface area contributed by atoms with E-state index in [4.69, 9.17) is 0 Å². The van der Waals surface area contributed by atoms with Gasteiger partial charge in [-0.1, -0.05) is 0 Å². The van der Waals surface area contributed by atoms with Gasteiger partial charge in [-0.05, 0) is 43.0 Å². The maximum atomic E-state index is 14.1. The Morgan fingerprint density at radius 3 is 2.77 bits per heavy atom. The van der Waals surface area contributed by atoms with Gasteiger partial charge in [-0.25, -0.2) is 12.8 Å². The van der Waals surface area contributed by atoms with E-state index in [-0.39, 0.29) is 10.5 Å². The number of aromatic amines is 1. The van der Waals surface area contributed by atoms with E-state index in [1.165, 1.54) is 12.1 Å². The number of anilines is 2. The zero-order valence-electron chi connectivity index (χ0n) is 14.0. The highest BCUT2D eigenvalue weighted by atomic mass is 32.2. The third kappa shape index (κ3) is 3.10. The van der Waals surface area contributed by atoms with Gasteiger partial charge in [0, 0.05) is 24.7 Å². The summed E-state index contributed by atoms with van der Waals surface area (Å²) in [6.45, 7) is 0.725. The second-order valence-electron chi connectivity index (χ2n) is 6.58. The first kappa shape index (κ1) is 16.8. The molecule has 7 nitrogen and oxygen atoms in total. The molecule has 0 amide bonds. The van der Waals surface area contributed by atoms with Crippen LogP contribution in [0, 0.1) is 11.7 Å². The van der Waals surface area contributed by atoms with E-state index >= 15 is 0 Å². The molecule has 0 radical (unpaired) electrons. The summed E-state index contributed by atoms with van der Waals surface area (Å²) in [5.41, 5.74) is 0.729. The molecule has 0 bridgehead atoms. The van der Waals surface area contributed by atoms with Gasteiger partial charge in [-0.2, -0.15) is 5.10 Å². The molecule has 3 aromatic rings. The molecule has 0 spiro atoms. The number of benzene rings is 1. The van der Waals surface area contributed by atoms with Crippen LogP contribution in [0.3, 0.4) is 0 Å². The standard InChI is InChI=1S/C17H17FN4O3S/c1-26(24,25)14-5-4-11(8-12(14)18)20-16-15-13(6-7-19-17(15)23)22(21-16)9-10-2-3-10/h4-8,10H,2-3,9H2,1H3,(H,19,23)(H,20,21). The van der Waals surface area contributed by atoms with Gasteiger partial charge in [0.1, 0.15) is 16.1 Å². The molecule has 0 atom stereocenters. The molecule has 0 aliphatic heterocycles. The summed E-state index contributed by atoms with van der Waals surface area (Å²) in [6, 6.07) is 5.51. The first-order valence-corrected chi connectivity index (χ1v) is 10.1. The van der Waals surface area contributed by atoms with Crippen LogP contribution >= 0.6 is 0 Å². The van der Waals surface area contributed by atoms with Gasteiger partial charge in [0.05, 0.1) is 5.52 Å². The summed E-state index contributed by atoms with van der Waals surface area (Å²) in [6.07, 6.45) is 4.81. The number of H-pyrrole nitrogens is 1. The van der Waals surface area contributed by atoms with Crippen LogP contribution in [0.15, 0.2) is 40.2 Å². The van der Waals surface area contributed by atoms with Crippen LogP contribution in [-0.2, 0) is 16.4 Å². The van der Waals surface area contributed by atoms with Crippen molar-refractivity contribution in [1.29, 1.82) is 0 Å². The number of nitrogens with zero attached hydrogens (tertiary/aromatic N) is 2. The van der Waals surface area contributed by atoms with Gasteiger partial charge < -0.3 is 10.3 Å². The summed E-state index contributed by atoms with van der Waals surface area (Å²) in [5.74, 6) is 0.0267. The lowest BCUT2D eigenvalue weighted by molar-refractivity contribution is 0.571. The molecule has 2 heterocycles. The SMILES string of the molecule is CS(=O)(=O)c1ccc(Nc2nn(CC3CC3)c3cc[nH]c(=O)c23)cc1F. The van der Waals surface area contributed by atoms with Crippen LogP contribution < -0.4 is 10.9 Å². The second-order valence-corrected chi connectivity index (χ2v) is 8.57. The molecule has 136 valence electrons. The summed E-state index contributed by atoms with van der Waals surface area (Å²) in [4.78, 5) is 14.5. The van der Waals surface area contributed by atoms with E-state index in [0.717, 1.165) is 31.7 Å². The molecule has 9 heteroatoms. The zero-order valence-corrected chi connectivity index (χ0v) is 14.8. The Bertz CT molecular complexity index is 1160. The summed E-state index contributed by atoms with van der Waals surface area (Å²) in [7, 11) is -3.64. The molecular weight excluding hydrogens is 359 g/mol. The molecule has 2 aromatic heterocycles. The number of halogens is 1. The average molecular weight is 376 g/mol. The van der Waals surface area contributed by atoms with Crippen molar-refractivity contribution in [3.05, 3.63) is 46.6 Å². The number of rotatable bonds is 5. The van der Waals surface area contributed by atoms with Crippen LogP contribution in [-0.4, -0.2) is 29.4 Å². The molecule has 1 saturated carbocycles. The Kier molecular flexibility index (Phi) is 3.83. The van der Waals surface area contributed by atoms with Crippen LogP contribution in [0.2, 0.25) is 0 Å². The Hall–Kier alpha value is -2.68. The van der Waals surface area contributed by atoms with Crippen LogP contribution in [0.5, 0.6) is 0 Å². The smallest absolute Gasteiger partial charge is 0.261 e. The molecule has 1 aliphatic carbocycles. The summed E-state index contributed by atoms with van der Waals surface area (Å²) < 4.78 is 39.0. The van der Waals surface area contributed by atoms with Crippen molar-refractivity contribution in [2.24, 2.45) is 5.92 Å². The van der Waals surface area contributed by atoms with Gasteiger partial charge in [0.2, 0.25) is 0 Å². The lowest BCUT2D eigenvalue weighted by atomic mass is 10.2. The molecule has 1 aliphatic rings. The molecule has 2 N–H and O–H groups in total. The lowest BCUT2D eigenvalue weighted by Crippen LogP contribution is -2.06. The highest BCUT2D eigenvalue weighted by molar-refractivity contribution is 7.90.